The molecular weight excluding hydrogens is 305 g/mol. The van der Waals surface area contributed by atoms with Gasteiger partial charge in [0.05, 0.1) is 13.3 Å². The Bertz CT molecular complexity index is 690. The summed E-state index contributed by atoms with van der Waals surface area (Å²) in [5.74, 6) is 0.0277. The lowest BCUT2D eigenvalue weighted by molar-refractivity contribution is 0.373. The summed E-state index contributed by atoms with van der Waals surface area (Å²) < 4.78 is 17.8. The van der Waals surface area contributed by atoms with Crippen molar-refractivity contribution >= 4 is 29.2 Å². The Kier molecular flexibility index (Phi) is 5.26. The molecule has 0 heterocycles. The smallest absolute Gasteiger partial charge is 0.191 e. The van der Waals surface area contributed by atoms with E-state index in [2.05, 4.69) is 15.8 Å². The van der Waals surface area contributed by atoms with Gasteiger partial charge in [0.15, 0.2) is 16.6 Å². The van der Waals surface area contributed by atoms with Gasteiger partial charge in [-0.3, -0.25) is 5.43 Å². The molecular formula is C15H14FN3O2S. The highest BCUT2D eigenvalue weighted by molar-refractivity contribution is 7.80. The molecule has 5 nitrogen and oxygen atoms in total. The van der Waals surface area contributed by atoms with Crippen LogP contribution in [0.1, 0.15) is 5.56 Å². The second-order valence-corrected chi connectivity index (χ2v) is 4.64. The fraction of sp³-hybridized carbons (Fsp3) is 0.0667. The minimum absolute atomic E-state index is 0.00652. The summed E-state index contributed by atoms with van der Waals surface area (Å²) in [7, 11) is 1.47. The van der Waals surface area contributed by atoms with Gasteiger partial charge >= 0.3 is 0 Å². The third-order valence-corrected chi connectivity index (χ3v) is 2.92. The maximum atomic E-state index is 12.8. The first-order chi connectivity index (χ1) is 10.6. The van der Waals surface area contributed by atoms with Gasteiger partial charge < -0.3 is 15.2 Å². The van der Waals surface area contributed by atoms with Crippen LogP contribution in [0.25, 0.3) is 0 Å². The quantitative estimate of drug-likeness (QED) is 0.459. The van der Waals surface area contributed by atoms with Crippen molar-refractivity contribution in [3.8, 4) is 11.5 Å². The van der Waals surface area contributed by atoms with Gasteiger partial charge in [-0.05, 0) is 48.6 Å². The van der Waals surface area contributed by atoms with E-state index in [-0.39, 0.29) is 16.7 Å². The number of phenols is 1. The van der Waals surface area contributed by atoms with Crippen LogP contribution in [0.15, 0.2) is 47.6 Å². The Labute approximate surface area is 132 Å². The third-order valence-electron chi connectivity index (χ3n) is 2.72. The largest absolute Gasteiger partial charge is 0.504 e. The molecule has 22 heavy (non-hydrogen) atoms. The van der Waals surface area contributed by atoms with Crippen molar-refractivity contribution in [2.45, 2.75) is 0 Å². The molecule has 0 aliphatic carbocycles. The van der Waals surface area contributed by atoms with Gasteiger partial charge in [0.1, 0.15) is 5.82 Å². The summed E-state index contributed by atoms with van der Waals surface area (Å²) in [6, 6.07) is 10.8. The molecule has 7 heteroatoms. The summed E-state index contributed by atoms with van der Waals surface area (Å²) in [4.78, 5) is 0. The number of anilines is 1. The summed E-state index contributed by atoms with van der Waals surface area (Å²) in [5.41, 5.74) is 3.72. The molecule has 3 N–H and O–H groups in total. The van der Waals surface area contributed by atoms with Crippen molar-refractivity contribution in [1.82, 2.24) is 5.43 Å². The van der Waals surface area contributed by atoms with E-state index in [1.807, 2.05) is 0 Å². The first-order valence-electron chi connectivity index (χ1n) is 6.31. The lowest BCUT2D eigenvalue weighted by Gasteiger charge is -2.07. The zero-order valence-electron chi connectivity index (χ0n) is 11.7. The maximum Gasteiger partial charge on any atom is 0.191 e. The second kappa shape index (κ2) is 7.37. The third kappa shape index (κ3) is 4.16. The van der Waals surface area contributed by atoms with Crippen LogP contribution < -0.4 is 15.5 Å². The fourth-order valence-electron chi connectivity index (χ4n) is 1.66. The van der Waals surface area contributed by atoms with Crippen LogP contribution in [-0.4, -0.2) is 23.5 Å². The molecule has 0 bridgehead atoms. The Morgan fingerprint density at radius 3 is 2.68 bits per heavy atom. The molecule has 0 saturated heterocycles. The van der Waals surface area contributed by atoms with Gasteiger partial charge in [0.25, 0.3) is 0 Å². The Hall–Kier alpha value is -2.67. The number of ether oxygens (including phenoxy) is 1. The van der Waals surface area contributed by atoms with E-state index in [0.717, 1.165) is 0 Å². The average molecular weight is 319 g/mol. The van der Waals surface area contributed by atoms with Crippen molar-refractivity contribution in [2.24, 2.45) is 5.10 Å². The molecule has 0 amide bonds. The van der Waals surface area contributed by atoms with Gasteiger partial charge in [-0.25, -0.2) is 4.39 Å². The number of nitrogens with zero attached hydrogens (tertiary/aromatic N) is 1. The van der Waals surface area contributed by atoms with Gasteiger partial charge in [-0.15, -0.1) is 0 Å². The number of para-hydroxylation sites is 1. The van der Waals surface area contributed by atoms with E-state index in [1.165, 1.54) is 25.5 Å². The molecule has 0 spiro atoms. The topological polar surface area (TPSA) is 65.9 Å². The van der Waals surface area contributed by atoms with Crippen LogP contribution >= 0.6 is 12.2 Å². The molecule has 0 aliphatic heterocycles. The van der Waals surface area contributed by atoms with Crippen LogP contribution in [0, 0.1) is 5.82 Å². The van der Waals surface area contributed by atoms with Crippen LogP contribution in [0.2, 0.25) is 0 Å². The number of benzene rings is 2. The lowest BCUT2D eigenvalue weighted by Crippen LogP contribution is -2.23. The van der Waals surface area contributed by atoms with Crippen molar-refractivity contribution in [3.63, 3.8) is 0 Å². The summed E-state index contributed by atoms with van der Waals surface area (Å²) >= 11 is 5.05. The molecule has 0 radical (unpaired) electrons. The number of halogens is 1. The lowest BCUT2D eigenvalue weighted by atomic mass is 10.2. The maximum absolute atomic E-state index is 12.8. The summed E-state index contributed by atoms with van der Waals surface area (Å²) in [6.07, 6.45) is 1.41. The van der Waals surface area contributed by atoms with E-state index in [9.17, 15) is 9.50 Å². The van der Waals surface area contributed by atoms with Crippen LogP contribution in [0.4, 0.5) is 10.1 Å². The number of hydrogen-bond acceptors (Lipinski definition) is 4. The number of methoxy groups -OCH3 is 1. The minimum atomic E-state index is -0.323. The van der Waals surface area contributed by atoms with Gasteiger partial charge in [0, 0.05) is 11.3 Å². The van der Waals surface area contributed by atoms with Crippen LogP contribution in [-0.2, 0) is 0 Å². The first-order valence-corrected chi connectivity index (χ1v) is 6.72. The predicted molar refractivity (Wildman–Crippen MR) is 88.0 cm³/mol. The van der Waals surface area contributed by atoms with Gasteiger partial charge in [0.2, 0.25) is 0 Å². The normalized spacial score (nSPS) is 10.5. The number of hydrazone groups is 1. The first kappa shape index (κ1) is 15.7. The van der Waals surface area contributed by atoms with Crippen molar-refractivity contribution < 1.29 is 14.2 Å². The monoisotopic (exact) mass is 319 g/mol. The van der Waals surface area contributed by atoms with Crippen LogP contribution in [0.3, 0.4) is 0 Å². The summed E-state index contributed by atoms with van der Waals surface area (Å²) in [6.45, 7) is 0. The van der Waals surface area contributed by atoms with Crippen LogP contribution in [0.5, 0.6) is 11.5 Å². The highest BCUT2D eigenvalue weighted by Crippen LogP contribution is 2.27. The van der Waals surface area contributed by atoms with E-state index >= 15 is 0 Å². The van der Waals surface area contributed by atoms with E-state index in [1.54, 1.807) is 30.3 Å². The van der Waals surface area contributed by atoms with E-state index in [0.29, 0.717) is 17.0 Å². The van der Waals surface area contributed by atoms with Crippen molar-refractivity contribution in [2.75, 3.05) is 12.4 Å². The molecule has 0 aromatic heterocycles. The molecule has 0 atom stereocenters. The van der Waals surface area contributed by atoms with Crippen molar-refractivity contribution in [3.05, 3.63) is 53.8 Å². The zero-order chi connectivity index (χ0) is 15.9. The molecule has 0 unspecified atom stereocenters. The average Bonchev–Trinajstić information content (AvgIpc) is 2.51. The Morgan fingerprint density at radius 1 is 1.27 bits per heavy atom. The Morgan fingerprint density at radius 2 is 2.00 bits per heavy atom. The molecule has 2 aromatic rings. The SMILES string of the molecule is COc1cccc(C=NNC(=S)Nc2ccc(F)cc2)c1O. The fourth-order valence-corrected chi connectivity index (χ4v) is 1.83. The molecule has 2 rings (SSSR count). The van der Waals surface area contributed by atoms with Gasteiger partial charge in [-0.2, -0.15) is 5.10 Å². The number of nitrogens with one attached hydrogen (secondary N) is 2. The summed E-state index contributed by atoms with van der Waals surface area (Å²) in [5, 5.41) is 16.9. The molecule has 0 aliphatic rings. The standard InChI is InChI=1S/C15H14FN3O2S/c1-21-13-4-2-3-10(14(13)20)9-17-19-15(22)18-12-7-5-11(16)6-8-12/h2-9,20H,1H3,(H2,18,19,22). The van der Waals surface area contributed by atoms with Gasteiger partial charge in [-0.1, -0.05) is 6.07 Å². The molecule has 0 fully saturated rings. The predicted octanol–water partition coefficient (Wildman–Crippen LogP) is 2.86. The highest BCUT2D eigenvalue weighted by Gasteiger charge is 2.04. The number of aromatic hydroxyl groups is 1. The number of thiocarbonyl (C=S) groups is 1. The Balaban J connectivity index is 1.94. The number of rotatable bonds is 4. The number of phenolic OH excluding ortho intramolecular Hbond substituents is 1. The van der Waals surface area contributed by atoms with Crippen molar-refractivity contribution in [1.29, 1.82) is 0 Å². The van der Waals surface area contributed by atoms with E-state index in [4.69, 9.17) is 17.0 Å². The number of hydrogen-bond donors (Lipinski definition) is 3. The second-order valence-electron chi connectivity index (χ2n) is 4.23. The molecule has 2 aromatic carbocycles. The molecule has 0 saturated carbocycles. The zero-order valence-corrected chi connectivity index (χ0v) is 12.5. The molecule has 114 valence electrons. The minimum Gasteiger partial charge on any atom is -0.504 e. The van der Waals surface area contributed by atoms with E-state index < -0.39 is 0 Å². The highest BCUT2D eigenvalue weighted by atomic mass is 32.1.